The van der Waals surface area contributed by atoms with Crippen molar-refractivity contribution in [2.24, 2.45) is 11.7 Å². The van der Waals surface area contributed by atoms with Crippen molar-refractivity contribution < 1.29 is 4.74 Å². The molecule has 78 valence electrons. The van der Waals surface area contributed by atoms with E-state index in [1.54, 1.807) is 0 Å². The minimum absolute atomic E-state index is 0.426. The first-order chi connectivity index (χ1) is 6.34. The minimum Gasteiger partial charge on any atom is -0.381 e. The van der Waals surface area contributed by atoms with E-state index in [0.717, 1.165) is 19.1 Å². The normalized spacial score (nSPS) is 21.7. The summed E-state index contributed by atoms with van der Waals surface area (Å²) < 4.78 is 5.32. The molecule has 0 aromatic heterocycles. The lowest BCUT2D eigenvalue weighted by molar-refractivity contribution is 0.0572. The molecule has 2 nitrogen and oxygen atoms in total. The number of nitrogens with two attached hydrogens (primary N) is 1. The molecule has 0 aromatic carbocycles. The Morgan fingerprint density at radius 2 is 2.00 bits per heavy atom. The van der Waals surface area contributed by atoms with Gasteiger partial charge in [-0.1, -0.05) is 26.2 Å². The van der Waals surface area contributed by atoms with Crippen LogP contribution in [0.15, 0.2) is 0 Å². The van der Waals surface area contributed by atoms with Crippen molar-refractivity contribution >= 4 is 0 Å². The maximum atomic E-state index is 6.13. The maximum absolute atomic E-state index is 6.13. The van der Waals surface area contributed by atoms with E-state index < -0.39 is 0 Å². The van der Waals surface area contributed by atoms with E-state index in [0.29, 0.717) is 6.04 Å². The van der Waals surface area contributed by atoms with Gasteiger partial charge in [-0.25, -0.2) is 0 Å². The van der Waals surface area contributed by atoms with E-state index >= 15 is 0 Å². The van der Waals surface area contributed by atoms with Crippen LogP contribution in [0.5, 0.6) is 0 Å². The molecule has 0 aliphatic carbocycles. The molecule has 0 aromatic rings. The predicted molar refractivity (Wildman–Crippen MR) is 55.7 cm³/mol. The summed E-state index contributed by atoms with van der Waals surface area (Å²) in [5.41, 5.74) is 6.13. The van der Waals surface area contributed by atoms with E-state index in [9.17, 15) is 0 Å². The Balaban J connectivity index is 2.09. The van der Waals surface area contributed by atoms with Crippen LogP contribution in [0.2, 0.25) is 0 Å². The highest BCUT2D eigenvalue weighted by molar-refractivity contribution is 4.75. The average Bonchev–Trinajstić information content (AvgIpc) is 2.19. The van der Waals surface area contributed by atoms with Crippen LogP contribution in [0.25, 0.3) is 0 Å². The fraction of sp³-hybridized carbons (Fsp3) is 1.00. The fourth-order valence-electron chi connectivity index (χ4n) is 2.01. The molecule has 1 aliphatic rings. The zero-order chi connectivity index (χ0) is 9.52. The van der Waals surface area contributed by atoms with Gasteiger partial charge in [0.05, 0.1) is 0 Å². The third kappa shape index (κ3) is 4.10. The Morgan fingerprint density at radius 3 is 2.62 bits per heavy atom. The number of rotatable bonds is 5. The van der Waals surface area contributed by atoms with Gasteiger partial charge in [-0.3, -0.25) is 0 Å². The Morgan fingerprint density at radius 1 is 1.31 bits per heavy atom. The molecular formula is C11H23NO. The van der Waals surface area contributed by atoms with Gasteiger partial charge in [0, 0.05) is 19.3 Å². The van der Waals surface area contributed by atoms with Gasteiger partial charge in [-0.2, -0.15) is 0 Å². The van der Waals surface area contributed by atoms with Crippen LogP contribution >= 0.6 is 0 Å². The van der Waals surface area contributed by atoms with Crippen molar-refractivity contribution in [1.29, 1.82) is 0 Å². The van der Waals surface area contributed by atoms with Crippen LogP contribution in [0, 0.1) is 5.92 Å². The molecule has 1 heterocycles. The second-order valence-electron chi connectivity index (χ2n) is 4.11. The summed E-state index contributed by atoms with van der Waals surface area (Å²) in [5, 5.41) is 0. The lowest BCUT2D eigenvalue weighted by Gasteiger charge is -2.27. The molecule has 0 saturated carbocycles. The molecule has 13 heavy (non-hydrogen) atoms. The Kier molecular flexibility index (Phi) is 5.40. The number of hydrogen-bond acceptors (Lipinski definition) is 2. The summed E-state index contributed by atoms with van der Waals surface area (Å²) in [4.78, 5) is 0. The zero-order valence-electron chi connectivity index (χ0n) is 8.80. The van der Waals surface area contributed by atoms with E-state index in [1.807, 2.05) is 0 Å². The van der Waals surface area contributed by atoms with Crippen LogP contribution in [-0.2, 0) is 4.74 Å². The van der Waals surface area contributed by atoms with Crippen molar-refractivity contribution in [1.82, 2.24) is 0 Å². The highest BCUT2D eigenvalue weighted by Crippen LogP contribution is 2.20. The van der Waals surface area contributed by atoms with Gasteiger partial charge >= 0.3 is 0 Å². The van der Waals surface area contributed by atoms with E-state index in [2.05, 4.69) is 6.92 Å². The van der Waals surface area contributed by atoms with Crippen LogP contribution < -0.4 is 5.73 Å². The highest BCUT2D eigenvalue weighted by atomic mass is 16.5. The molecule has 1 fully saturated rings. The molecule has 0 spiro atoms. The van der Waals surface area contributed by atoms with Gasteiger partial charge < -0.3 is 10.5 Å². The van der Waals surface area contributed by atoms with Gasteiger partial charge in [-0.15, -0.1) is 0 Å². The summed E-state index contributed by atoms with van der Waals surface area (Å²) in [7, 11) is 0. The Bertz CT molecular complexity index is 121. The average molecular weight is 185 g/mol. The molecule has 0 amide bonds. The first-order valence-electron chi connectivity index (χ1n) is 5.68. The molecule has 1 saturated heterocycles. The summed E-state index contributed by atoms with van der Waals surface area (Å²) in [6.45, 7) is 4.08. The van der Waals surface area contributed by atoms with Crippen molar-refractivity contribution in [3.05, 3.63) is 0 Å². The lowest BCUT2D eigenvalue weighted by Crippen LogP contribution is -2.34. The van der Waals surface area contributed by atoms with Gasteiger partial charge in [0.2, 0.25) is 0 Å². The lowest BCUT2D eigenvalue weighted by atomic mass is 9.89. The third-order valence-corrected chi connectivity index (χ3v) is 3.01. The molecule has 1 atom stereocenters. The molecule has 1 rings (SSSR count). The summed E-state index contributed by atoms with van der Waals surface area (Å²) in [5.74, 6) is 0.727. The van der Waals surface area contributed by atoms with E-state index in [1.165, 1.54) is 38.5 Å². The van der Waals surface area contributed by atoms with Crippen LogP contribution in [0.4, 0.5) is 0 Å². The molecule has 2 N–H and O–H groups in total. The van der Waals surface area contributed by atoms with Crippen molar-refractivity contribution in [2.45, 2.75) is 51.5 Å². The smallest absolute Gasteiger partial charge is 0.0469 e. The van der Waals surface area contributed by atoms with Crippen LogP contribution in [0.1, 0.15) is 45.4 Å². The topological polar surface area (TPSA) is 35.2 Å². The monoisotopic (exact) mass is 185 g/mol. The second kappa shape index (κ2) is 6.39. The fourth-order valence-corrected chi connectivity index (χ4v) is 2.01. The standard InChI is InChI=1S/C11H23NO/c1-2-3-4-5-11(12)10-6-8-13-9-7-10/h10-11H,2-9,12H2,1H3. The van der Waals surface area contributed by atoms with Gasteiger partial charge in [0.15, 0.2) is 0 Å². The molecular weight excluding hydrogens is 162 g/mol. The van der Waals surface area contributed by atoms with Crippen molar-refractivity contribution in [3.63, 3.8) is 0 Å². The molecule has 0 bridgehead atoms. The van der Waals surface area contributed by atoms with Crippen LogP contribution in [-0.4, -0.2) is 19.3 Å². The van der Waals surface area contributed by atoms with Crippen molar-refractivity contribution in [3.8, 4) is 0 Å². The summed E-state index contributed by atoms with van der Waals surface area (Å²) in [6, 6.07) is 0.426. The predicted octanol–water partition coefficient (Wildman–Crippen LogP) is 2.32. The molecule has 1 aliphatic heterocycles. The largest absolute Gasteiger partial charge is 0.381 e. The highest BCUT2D eigenvalue weighted by Gasteiger charge is 2.19. The van der Waals surface area contributed by atoms with Gasteiger partial charge in [0.1, 0.15) is 0 Å². The SMILES string of the molecule is CCCCCC(N)C1CCOCC1. The van der Waals surface area contributed by atoms with Crippen LogP contribution in [0.3, 0.4) is 0 Å². The molecule has 1 unspecified atom stereocenters. The minimum atomic E-state index is 0.426. The second-order valence-corrected chi connectivity index (χ2v) is 4.11. The van der Waals surface area contributed by atoms with Gasteiger partial charge in [0.25, 0.3) is 0 Å². The zero-order valence-corrected chi connectivity index (χ0v) is 8.80. The number of hydrogen-bond donors (Lipinski definition) is 1. The first-order valence-corrected chi connectivity index (χ1v) is 5.68. The Hall–Kier alpha value is -0.0800. The first kappa shape index (κ1) is 11.0. The summed E-state index contributed by atoms with van der Waals surface area (Å²) >= 11 is 0. The quantitative estimate of drug-likeness (QED) is 0.667. The van der Waals surface area contributed by atoms with Gasteiger partial charge in [-0.05, 0) is 25.2 Å². The summed E-state index contributed by atoms with van der Waals surface area (Å²) in [6.07, 6.45) is 7.48. The maximum Gasteiger partial charge on any atom is 0.0469 e. The number of ether oxygens (including phenoxy) is 1. The number of unbranched alkanes of at least 4 members (excludes halogenated alkanes) is 2. The van der Waals surface area contributed by atoms with E-state index in [4.69, 9.17) is 10.5 Å². The molecule has 2 heteroatoms. The third-order valence-electron chi connectivity index (χ3n) is 3.01. The van der Waals surface area contributed by atoms with Crippen molar-refractivity contribution in [2.75, 3.05) is 13.2 Å². The van der Waals surface area contributed by atoms with E-state index in [-0.39, 0.29) is 0 Å². The Labute approximate surface area is 81.8 Å². The molecule has 0 radical (unpaired) electrons.